The van der Waals surface area contributed by atoms with Crippen LogP contribution >= 0.6 is 0 Å². The maximum Gasteiger partial charge on any atom is 0.519 e. The van der Waals surface area contributed by atoms with E-state index < -0.39 is 14.7 Å². The number of benzene rings is 3. The van der Waals surface area contributed by atoms with E-state index in [2.05, 4.69) is 0 Å². The molecule has 0 atom stereocenters. The third kappa shape index (κ3) is 6.18. The van der Waals surface area contributed by atoms with Crippen LogP contribution in [0.15, 0.2) is 91.0 Å². The van der Waals surface area contributed by atoms with E-state index in [1.165, 1.54) is 0 Å². The second kappa shape index (κ2) is 9.78. The van der Waals surface area contributed by atoms with E-state index in [9.17, 15) is 18.0 Å². The molecule has 0 spiro atoms. The summed E-state index contributed by atoms with van der Waals surface area (Å²) >= 11 is 0. The Hall–Kier alpha value is -1.79. The second-order valence-corrected chi connectivity index (χ2v) is 8.43. The van der Waals surface area contributed by atoms with Crippen molar-refractivity contribution in [3.8, 4) is 0 Å². The molecule has 0 fully saturated rings. The van der Waals surface area contributed by atoms with Gasteiger partial charge >= 0.3 is 6.36 Å². The third-order valence-corrected chi connectivity index (χ3v) is 7.08. The zero-order chi connectivity index (χ0) is 18.3. The quantitative estimate of drug-likeness (QED) is 0.497. The summed E-state index contributed by atoms with van der Waals surface area (Å²) in [6.07, 6.45) is -5.00. The predicted octanol–water partition coefficient (Wildman–Crippen LogP) is 2.14. The van der Waals surface area contributed by atoms with Gasteiger partial charge in [-0.05, 0) is 15.6 Å². The Bertz CT molecular complexity index is 666. The number of hydrogen-bond donors (Lipinski definition) is 2. The number of halogens is 3. The van der Waals surface area contributed by atoms with Crippen LogP contribution in [-0.2, 0) is 19.5 Å². The summed E-state index contributed by atoms with van der Waals surface area (Å²) < 4.78 is 29.7. The van der Waals surface area contributed by atoms with Gasteiger partial charge in [0, 0.05) is 19.5 Å². The number of hydrogen-bond acceptors (Lipinski definition) is 2. The third-order valence-electron chi connectivity index (χ3n) is 3.57. The molecule has 0 aliphatic rings. The van der Waals surface area contributed by atoms with Crippen molar-refractivity contribution in [2.75, 3.05) is 0 Å². The molecule has 7 heteroatoms. The molecule has 0 radical (unpaired) electrons. The van der Waals surface area contributed by atoms with Crippen LogP contribution in [0.3, 0.4) is 0 Å². The molecule has 3 aromatic carbocycles. The van der Waals surface area contributed by atoms with Crippen molar-refractivity contribution in [2.24, 2.45) is 0 Å². The molecule has 0 aliphatic carbocycles. The second-order valence-electron chi connectivity index (χ2n) is 5.28. The molecule has 26 heavy (non-hydrogen) atoms. The minimum Gasteiger partial charge on any atom is -0.421 e. The fourth-order valence-electron chi connectivity index (χ4n) is 2.54. The first-order valence-corrected chi connectivity index (χ1v) is 9.44. The van der Waals surface area contributed by atoms with Crippen LogP contribution in [-0.4, -0.2) is 24.6 Å². The Balaban J connectivity index is 0.000000501. The van der Waals surface area contributed by atoms with Crippen molar-refractivity contribution < 1.29 is 42.6 Å². The largest absolute Gasteiger partial charge is 0.519 e. The van der Waals surface area contributed by atoms with Gasteiger partial charge in [-0.1, -0.05) is 91.0 Å². The van der Waals surface area contributed by atoms with Gasteiger partial charge in [-0.15, -0.1) is 13.2 Å². The molecule has 3 aromatic rings. The van der Waals surface area contributed by atoms with Gasteiger partial charge in [0.05, 0.1) is 0 Å². The van der Waals surface area contributed by atoms with Gasteiger partial charge in [0.15, 0.2) is 0 Å². The molecule has 0 bridgehead atoms. The van der Waals surface area contributed by atoms with Crippen LogP contribution in [0.4, 0.5) is 13.2 Å². The summed E-state index contributed by atoms with van der Waals surface area (Å²) in [6.45, 7) is 0. The van der Waals surface area contributed by atoms with E-state index in [-0.39, 0.29) is 19.5 Å². The summed E-state index contributed by atoms with van der Waals surface area (Å²) in [4.78, 5) is 11.6. The van der Waals surface area contributed by atoms with E-state index in [4.69, 9.17) is 5.11 Å². The van der Waals surface area contributed by atoms with Gasteiger partial charge in [0.2, 0.25) is 0 Å². The Morgan fingerprint density at radius 2 is 0.769 bits per heavy atom. The molecule has 2 nitrogen and oxygen atoms in total. The van der Waals surface area contributed by atoms with Crippen LogP contribution < -0.4 is 15.6 Å². The molecule has 3 rings (SSSR count). The van der Waals surface area contributed by atoms with Gasteiger partial charge in [-0.2, -0.15) is 0 Å². The summed E-state index contributed by atoms with van der Waals surface area (Å²) in [7, 11) is -2.88. The van der Waals surface area contributed by atoms with Crippen molar-refractivity contribution in [3.63, 3.8) is 0 Å². The number of rotatable bonds is 3. The summed E-state index contributed by atoms with van der Waals surface area (Å²) in [6, 6.07) is 30.0. The van der Waals surface area contributed by atoms with E-state index in [0.717, 1.165) is 15.6 Å². The Labute approximate surface area is 163 Å². The van der Waals surface area contributed by atoms with Crippen LogP contribution in [0, 0.1) is 0 Å². The Morgan fingerprint density at radius 3 is 0.962 bits per heavy atom. The Morgan fingerprint density at radius 1 is 0.577 bits per heavy atom. The van der Waals surface area contributed by atoms with E-state index in [0.29, 0.717) is 0 Å². The summed E-state index contributed by atoms with van der Waals surface area (Å²) in [5.74, 6) is 0. The van der Waals surface area contributed by atoms with Gasteiger partial charge in [0.1, 0.15) is 0 Å². The normalized spacial score (nSPS) is 11.0. The molecule has 0 amide bonds. The first kappa shape index (κ1) is 22.3. The number of aliphatic hydroxyl groups is 1. The van der Waals surface area contributed by atoms with Crippen molar-refractivity contribution in [1.29, 1.82) is 0 Å². The van der Waals surface area contributed by atoms with Crippen molar-refractivity contribution in [3.05, 3.63) is 91.0 Å². The first-order chi connectivity index (χ1) is 11.8. The van der Waals surface area contributed by atoms with Crippen LogP contribution in [0.5, 0.6) is 0 Å². The van der Waals surface area contributed by atoms with Crippen LogP contribution in [0.2, 0.25) is 0 Å². The monoisotopic (exact) mass is 426 g/mol. The maximum atomic E-state index is 11.6. The van der Waals surface area contributed by atoms with Crippen molar-refractivity contribution >= 4 is 23.9 Å². The van der Waals surface area contributed by atoms with Gasteiger partial charge in [0.25, 0.3) is 8.32 Å². The average Bonchev–Trinajstić information content (AvgIpc) is 2.62. The van der Waals surface area contributed by atoms with Crippen molar-refractivity contribution in [2.45, 2.75) is 6.36 Å². The molecule has 0 saturated heterocycles. The van der Waals surface area contributed by atoms with E-state index in [1.807, 2.05) is 91.0 Å². The van der Waals surface area contributed by atoms with E-state index >= 15 is 0 Å². The van der Waals surface area contributed by atoms with Gasteiger partial charge in [-0.25, -0.2) is 0 Å². The summed E-state index contributed by atoms with van der Waals surface area (Å²) in [5, 5.41) is 9.56. The maximum absolute atomic E-state index is 11.6. The smallest absolute Gasteiger partial charge is 0.421 e. The van der Waals surface area contributed by atoms with Gasteiger partial charge < -0.3 is 9.90 Å². The molecule has 0 saturated carbocycles. The van der Waals surface area contributed by atoms with Crippen LogP contribution in [0.1, 0.15) is 0 Å². The first-order valence-electron chi connectivity index (χ1n) is 7.50. The molecule has 0 heterocycles. The van der Waals surface area contributed by atoms with Crippen LogP contribution in [0.25, 0.3) is 0 Å². The zero-order valence-electron chi connectivity index (χ0n) is 13.9. The topological polar surface area (TPSA) is 40.5 Å². The SMILES string of the molecule is OC(F)(F)F.O[Si](c1ccccc1)(c1ccccc1)c1ccccc1.[Zn]. The Kier molecular flexibility index (Phi) is 8.37. The fourth-order valence-corrected chi connectivity index (χ4v) is 5.56. The molecule has 2 N–H and O–H groups in total. The van der Waals surface area contributed by atoms with E-state index in [1.54, 1.807) is 0 Å². The van der Waals surface area contributed by atoms with Gasteiger partial charge in [-0.3, -0.25) is 0 Å². The fraction of sp³-hybridized carbons (Fsp3) is 0.0526. The minimum absolute atomic E-state index is 0. The molecular weight excluding hydrogens is 411 g/mol. The molecule has 0 aliphatic heterocycles. The zero-order valence-corrected chi connectivity index (χ0v) is 17.9. The summed E-state index contributed by atoms with van der Waals surface area (Å²) in [5.41, 5.74) is 0. The predicted molar refractivity (Wildman–Crippen MR) is 94.5 cm³/mol. The number of alkyl halides is 3. The average molecular weight is 428 g/mol. The molecular formula is C19H17F3O2SiZn. The minimum atomic E-state index is -5.00. The van der Waals surface area contributed by atoms with Crippen molar-refractivity contribution in [1.82, 2.24) is 0 Å². The standard InChI is InChI=1S/C18H16OSi.CHF3O.Zn/c19-20(16-10-4-1-5-11-16,17-12-6-2-7-13-17)18-14-8-3-9-15-18;2-1(3,4)5;/h1-15,19H;5H;. The molecule has 0 unspecified atom stereocenters. The molecule has 132 valence electrons. The molecule has 0 aromatic heterocycles.